The summed E-state index contributed by atoms with van der Waals surface area (Å²) in [6.07, 6.45) is 5.89. The maximum Gasteiger partial charge on any atom is 0.305 e. The summed E-state index contributed by atoms with van der Waals surface area (Å²) in [5.41, 5.74) is 1.53. The summed E-state index contributed by atoms with van der Waals surface area (Å²) in [5, 5.41) is 14.2. The number of hydrogen-bond donors (Lipinski definition) is 3. The van der Waals surface area contributed by atoms with Gasteiger partial charge in [0, 0.05) is 71.6 Å². The van der Waals surface area contributed by atoms with Crippen LogP contribution >= 0.6 is 0 Å². The van der Waals surface area contributed by atoms with Gasteiger partial charge in [-0.15, -0.1) is 0 Å². The molecule has 1 aliphatic heterocycles. The average molecular weight is 1140 g/mol. The number of nitrogens with zero attached hydrogens (tertiary/aromatic N) is 3. The second-order valence-corrected chi connectivity index (χ2v) is 23.5. The topological polar surface area (TPSA) is 237 Å². The maximum atomic E-state index is 14.4. The molecule has 4 amide bonds. The van der Waals surface area contributed by atoms with Crippen LogP contribution in [0, 0.1) is 41.4 Å². The highest BCUT2D eigenvalue weighted by Crippen LogP contribution is 2.31. The molecule has 1 aromatic carbocycles. The van der Waals surface area contributed by atoms with Gasteiger partial charge < -0.3 is 49.2 Å². The number of likely N-dealkylation sites (N-methyl/N-ethyl adjacent to an activating group) is 2. The third kappa shape index (κ3) is 28.3. The second kappa shape index (κ2) is 39.5. The average Bonchev–Trinajstić information content (AvgIpc) is 3.88. The lowest BCUT2D eigenvalue weighted by atomic mass is 9.83. The number of ketones is 3. The third-order valence-electron chi connectivity index (χ3n) is 14.7. The standard InChI is InChI=1S/C50H83N5O9.C12H22O5/c1-16-34(8)47(54(13)50(61)41(32(4)5)27-43(58)46(33(6)7)53(11)12)44(62-14)28-45(59)55-25-17-18-42(55)48(63-15)35(9)49(60)52-39(26-31(2)3)23-24-40(57)30-64-29-37-19-21-38(22-20-37)51-36(10)56;1-10(2)9-11(13)3-5-16-7-8-17-6-4-12(14)15/h19-24,31-35,39,41-42,44,46-48H,16-18,25-30H2,1-15H3,(H,51,56)(H,52,60);10H,3-9H2,1-2H3,(H,14,15)/b24-23+;/t34-,35+,39+,41-,42-,44+,46-,47-,48+;/m0./s1. The van der Waals surface area contributed by atoms with E-state index in [9.17, 15) is 38.4 Å². The Labute approximate surface area is 485 Å². The lowest BCUT2D eigenvalue weighted by Crippen LogP contribution is -2.54. The van der Waals surface area contributed by atoms with E-state index >= 15 is 0 Å². The van der Waals surface area contributed by atoms with Gasteiger partial charge in [0.1, 0.15) is 12.4 Å². The predicted octanol–water partition coefficient (Wildman–Crippen LogP) is 8.06. The molecule has 3 N–H and O–H groups in total. The molecule has 1 saturated heterocycles. The zero-order chi connectivity index (χ0) is 61.5. The molecular weight excluding hydrogens is 1040 g/mol. The first-order valence-corrected chi connectivity index (χ1v) is 29.3. The van der Waals surface area contributed by atoms with E-state index in [2.05, 4.69) is 24.5 Å². The number of hydrogen-bond acceptors (Lipinski definition) is 14. The number of aliphatic carboxylic acids is 1. The number of likely N-dealkylation sites (tertiary alicyclic amines) is 1. The Morgan fingerprint density at radius 2 is 1.40 bits per heavy atom. The quantitative estimate of drug-likeness (QED) is 0.0418. The van der Waals surface area contributed by atoms with Crippen LogP contribution in [0.2, 0.25) is 0 Å². The van der Waals surface area contributed by atoms with Crippen LogP contribution in [0.15, 0.2) is 36.4 Å². The molecule has 9 atom stereocenters. The fourth-order valence-corrected chi connectivity index (χ4v) is 10.4. The lowest BCUT2D eigenvalue weighted by Gasteiger charge is -2.41. The summed E-state index contributed by atoms with van der Waals surface area (Å²) in [5.74, 6) is -2.07. The molecule has 1 fully saturated rings. The van der Waals surface area contributed by atoms with Crippen molar-refractivity contribution in [3.63, 3.8) is 0 Å². The van der Waals surface area contributed by atoms with Crippen LogP contribution in [0.3, 0.4) is 0 Å². The van der Waals surface area contributed by atoms with Gasteiger partial charge >= 0.3 is 5.97 Å². The van der Waals surface area contributed by atoms with Gasteiger partial charge in [0.05, 0.1) is 82.1 Å². The van der Waals surface area contributed by atoms with Crippen molar-refractivity contribution in [1.29, 1.82) is 0 Å². The number of ether oxygens (including phenoxy) is 5. The number of benzene rings is 1. The number of carboxylic acids is 1. The molecule has 19 heteroatoms. The Balaban J connectivity index is 0.00000165. The van der Waals surface area contributed by atoms with Crippen LogP contribution in [-0.4, -0.2) is 178 Å². The largest absolute Gasteiger partial charge is 0.481 e. The summed E-state index contributed by atoms with van der Waals surface area (Å²) >= 11 is 0. The van der Waals surface area contributed by atoms with Crippen LogP contribution in [0.1, 0.15) is 146 Å². The van der Waals surface area contributed by atoms with Crippen molar-refractivity contribution in [2.24, 2.45) is 41.4 Å². The summed E-state index contributed by atoms with van der Waals surface area (Å²) < 4.78 is 28.0. The van der Waals surface area contributed by atoms with E-state index < -0.39 is 42.1 Å². The normalized spacial score (nSPS) is 16.6. The van der Waals surface area contributed by atoms with E-state index in [1.54, 1.807) is 51.3 Å². The van der Waals surface area contributed by atoms with Gasteiger partial charge in [-0.05, 0) is 86.7 Å². The highest BCUT2D eigenvalue weighted by Gasteiger charge is 2.43. The number of anilines is 1. The van der Waals surface area contributed by atoms with Crippen LogP contribution in [0.25, 0.3) is 0 Å². The zero-order valence-corrected chi connectivity index (χ0v) is 52.4. The highest BCUT2D eigenvalue weighted by molar-refractivity contribution is 5.91. The number of carbonyl (C=O) groups excluding carboxylic acids is 7. The fourth-order valence-electron chi connectivity index (χ4n) is 10.4. The second-order valence-electron chi connectivity index (χ2n) is 23.5. The van der Waals surface area contributed by atoms with Crippen LogP contribution in [0.5, 0.6) is 0 Å². The van der Waals surface area contributed by atoms with Gasteiger partial charge in [-0.2, -0.15) is 0 Å². The fraction of sp³-hybridized carbons (Fsp3) is 0.742. The van der Waals surface area contributed by atoms with Gasteiger partial charge in [0.2, 0.25) is 23.6 Å². The van der Waals surface area contributed by atoms with E-state index in [0.717, 1.165) is 18.4 Å². The SMILES string of the molecule is CC(C)CC(=O)CCOCCOCCC(=O)O.CC[C@H](C)[C@@H]([C@@H](CC(=O)N1CCC[C@H]1[C@H](OC)[C@@H](C)C(=O)N[C@H](/C=C/C(=O)COCc1ccc(NC(C)=O)cc1)CC(C)C)OC)N(C)C(=O)[C@@H](CC(=O)[C@H](C(C)C)N(C)C)C(C)C. The van der Waals surface area contributed by atoms with Crippen molar-refractivity contribution in [2.75, 3.05) is 80.3 Å². The van der Waals surface area contributed by atoms with E-state index in [0.29, 0.717) is 63.7 Å². The molecule has 19 nitrogen and oxygen atoms in total. The van der Waals surface area contributed by atoms with Crippen molar-refractivity contribution in [2.45, 2.75) is 184 Å². The first kappa shape index (κ1) is 74.1. The molecule has 0 aliphatic carbocycles. The molecule has 1 heterocycles. The summed E-state index contributed by atoms with van der Waals surface area (Å²) in [6, 6.07) is 5.68. The van der Waals surface area contributed by atoms with E-state index in [1.165, 1.54) is 13.0 Å². The van der Waals surface area contributed by atoms with Crippen molar-refractivity contribution in [3.8, 4) is 0 Å². The number of nitrogens with one attached hydrogen (secondary N) is 2. The number of rotatable bonds is 39. The van der Waals surface area contributed by atoms with Crippen molar-refractivity contribution >= 4 is 52.6 Å². The van der Waals surface area contributed by atoms with Crippen molar-refractivity contribution < 1.29 is 67.1 Å². The first-order chi connectivity index (χ1) is 38.1. The third-order valence-corrected chi connectivity index (χ3v) is 14.7. The van der Waals surface area contributed by atoms with Gasteiger partial charge in [0.15, 0.2) is 11.6 Å². The van der Waals surface area contributed by atoms with Gasteiger partial charge in [-0.1, -0.05) is 101 Å². The molecule has 0 unspecified atom stereocenters. The molecule has 0 spiro atoms. The first-order valence-electron chi connectivity index (χ1n) is 29.3. The minimum atomic E-state index is -0.870. The van der Waals surface area contributed by atoms with Gasteiger partial charge in [0.25, 0.3) is 0 Å². The van der Waals surface area contributed by atoms with E-state index in [4.69, 9.17) is 28.8 Å². The molecule has 81 heavy (non-hydrogen) atoms. The Kier molecular flexibility index (Phi) is 36.2. The Bertz CT molecular complexity index is 2090. The van der Waals surface area contributed by atoms with Crippen molar-refractivity contribution in [3.05, 3.63) is 42.0 Å². The summed E-state index contributed by atoms with van der Waals surface area (Å²) in [4.78, 5) is 107. The van der Waals surface area contributed by atoms with E-state index in [-0.39, 0.29) is 116 Å². The van der Waals surface area contributed by atoms with Crippen LogP contribution < -0.4 is 10.6 Å². The molecule has 0 aromatic heterocycles. The number of carbonyl (C=O) groups is 8. The molecule has 0 bridgehead atoms. The maximum absolute atomic E-state index is 14.4. The minimum Gasteiger partial charge on any atom is -0.481 e. The molecule has 1 aromatic rings. The molecule has 2 rings (SSSR count). The van der Waals surface area contributed by atoms with Crippen LogP contribution in [-0.2, 0) is 68.6 Å². The smallest absolute Gasteiger partial charge is 0.305 e. The lowest BCUT2D eigenvalue weighted by molar-refractivity contribution is -0.149. The predicted molar refractivity (Wildman–Crippen MR) is 315 cm³/mol. The van der Waals surface area contributed by atoms with Gasteiger partial charge in [-0.3, -0.25) is 43.3 Å². The highest BCUT2D eigenvalue weighted by atomic mass is 16.5. The number of amides is 4. The van der Waals surface area contributed by atoms with E-state index in [1.807, 2.05) is 91.4 Å². The summed E-state index contributed by atoms with van der Waals surface area (Å²) in [7, 11) is 8.69. The Morgan fingerprint density at radius 3 is 1.90 bits per heavy atom. The number of carboxylic acid groups (broad SMARTS) is 1. The summed E-state index contributed by atoms with van der Waals surface area (Å²) in [6.45, 7) is 25.4. The molecule has 462 valence electrons. The van der Waals surface area contributed by atoms with Crippen LogP contribution in [0.4, 0.5) is 5.69 Å². The monoisotopic (exact) mass is 1140 g/mol. The van der Waals surface area contributed by atoms with Gasteiger partial charge in [-0.25, -0.2) is 0 Å². The molecular formula is C62H105N5O14. The Morgan fingerprint density at radius 1 is 0.778 bits per heavy atom. The Hall–Kier alpha value is -4.92. The molecule has 0 radical (unpaired) electrons. The molecule has 0 saturated carbocycles. The number of Topliss-reactive ketones (excluding diaryl/α,β-unsaturated/α-hetero) is 2. The minimum absolute atomic E-state index is 0.00682. The van der Waals surface area contributed by atoms with Crippen molar-refractivity contribution in [1.82, 2.24) is 20.0 Å². The zero-order valence-electron chi connectivity index (χ0n) is 52.4. The number of methoxy groups -OCH3 is 2. The molecule has 1 aliphatic rings.